The third-order valence-corrected chi connectivity index (χ3v) is 5.78. The molecule has 0 aliphatic carbocycles. The average molecular weight is 331 g/mol. The monoisotopic (exact) mass is 331 g/mol. The van der Waals surface area contributed by atoms with Crippen molar-refractivity contribution in [2.45, 2.75) is 36.6 Å². The lowest BCUT2D eigenvalue weighted by Gasteiger charge is -2.34. The first-order chi connectivity index (χ1) is 10.4. The van der Waals surface area contributed by atoms with E-state index in [1.807, 2.05) is 0 Å². The van der Waals surface area contributed by atoms with Crippen LogP contribution in [0, 0.1) is 15.9 Å². The van der Waals surface area contributed by atoms with E-state index in [2.05, 4.69) is 0 Å². The number of rotatable bonds is 5. The lowest BCUT2D eigenvalue weighted by Crippen LogP contribution is -2.44. The second kappa shape index (κ2) is 6.67. The summed E-state index contributed by atoms with van der Waals surface area (Å²) in [7, 11) is -4.14. The zero-order valence-corrected chi connectivity index (χ0v) is 12.8. The zero-order valence-electron chi connectivity index (χ0n) is 11.9. The molecule has 9 heteroatoms. The third kappa shape index (κ3) is 3.11. The molecular formula is C13H18FN3O4S. The quantitative estimate of drug-likeness (QED) is 0.652. The van der Waals surface area contributed by atoms with Gasteiger partial charge in [-0.25, -0.2) is 8.42 Å². The SMILES string of the molecule is NCCC1CCCCN1S(=O)(=O)c1cccc(F)c1[N+](=O)[O-]. The Morgan fingerprint density at radius 2 is 2.14 bits per heavy atom. The molecule has 1 heterocycles. The summed E-state index contributed by atoms with van der Waals surface area (Å²) in [6.07, 6.45) is 2.67. The fraction of sp³-hybridized carbons (Fsp3) is 0.538. The van der Waals surface area contributed by atoms with Crippen LogP contribution in [0.5, 0.6) is 0 Å². The van der Waals surface area contributed by atoms with Crippen LogP contribution in [0.25, 0.3) is 0 Å². The molecule has 22 heavy (non-hydrogen) atoms. The Morgan fingerprint density at radius 1 is 1.41 bits per heavy atom. The van der Waals surface area contributed by atoms with Crippen molar-refractivity contribution in [1.82, 2.24) is 4.31 Å². The Balaban J connectivity index is 2.50. The highest BCUT2D eigenvalue weighted by Gasteiger charge is 2.38. The fourth-order valence-electron chi connectivity index (χ4n) is 2.78. The van der Waals surface area contributed by atoms with Gasteiger partial charge in [0.25, 0.3) is 0 Å². The zero-order chi connectivity index (χ0) is 16.3. The van der Waals surface area contributed by atoms with E-state index < -0.39 is 31.3 Å². The van der Waals surface area contributed by atoms with E-state index in [9.17, 15) is 22.9 Å². The van der Waals surface area contributed by atoms with Gasteiger partial charge in [-0.1, -0.05) is 12.5 Å². The first-order valence-corrected chi connectivity index (χ1v) is 8.48. The summed E-state index contributed by atoms with van der Waals surface area (Å²) >= 11 is 0. The Bertz CT molecular complexity index is 663. The highest BCUT2D eigenvalue weighted by Crippen LogP contribution is 2.33. The Labute approximate surface area is 128 Å². The van der Waals surface area contributed by atoms with Crippen LogP contribution in [-0.4, -0.2) is 36.8 Å². The van der Waals surface area contributed by atoms with Crippen molar-refractivity contribution in [3.8, 4) is 0 Å². The summed E-state index contributed by atoms with van der Waals surface area (Å²) in [6, 6.07) is 2.82. The molecule has 0 aromatic heterocycles. The van der Waals surface area contributed by atoms with Gasteiger partial charge < -0.3 is 5.73 Å². The number of nitro benzene ring substituents is 1. The van der Waals surface area contributed by atoms with Crippen molar-refractivity contribution >= 4 is 15.7 Å². The number of halogens is 1. The third-order valence-electron chi connectivity index (χ3n) is 3.79. The van der Waals surface area contributed by atoms with Crippen LogP contribution in [0.2, 0.25) is 0 Å². The number of para-hydroxylation sites is 1. The minimum Gasteiger partial charge on any atom is -0.330 e. The number of benzene rings is 1. The van der Waals surface area contributed by atoms with Crippen molar-refractivity contribution in [2.24, 2.45) is 5.73 Å². The predicted octanol–water partition coefficient (Wildman–Crippen LogP) is 1.63. The molecule has 0 radical (unpaired) electrons. The van der Waals surface area contributed by atoms with E-state index in [1.54, 1.807) is 0 Å². The highest BCUT2D eigenvalue weighted by atomic mass is 32.2. The molecule has 0 saturated carbocycles. The van der Waals surface area contributed by atoms with Gasteiger partial charge in [0.05, 0.1) is 4.92 Å². The van der Waals surface area contributed by atoms with Crippen LogP contribution in [0.1, 0.15) is 25.7 Å². The average Bonchev–Trinajstić information content (AvgIpc) is 2.47. The van der Waals surface area contributed by atoms with E-state index >= 15 is 0 Å². The molecule has 2 rings (SSSR count). The summed E-state index contributed by atoms with van der Waals surface area (Å²) in [6.45, 7) is 0.586. The van der Waals surface area contributed by atoms with Crippen LogP contribution in [-0.2, 0) is 10.0 Å². The standard InChI is InChI=1S/C13H18FN3O4S/c14-11-5-3-6-12(13(11)17(18)19)22(20,21)16-9-2-1-4-10(16)7-8-15/h3,5-6,10H,1-2,4,7-9,15H2. The summed E-state index contributed by atoms with van der Waals surface area (Å²) in [4.78, 5) is 9.45. The molecule has 7 nitrogen and oxygen atoms in total. The number of nitrogens with two attached hydrogens (primary N) is 1. The number of nitro groups is 1. The Morgan fingerprint density at radius 3 is 2.77 bits per heavy atom. The number of piperidine rings is 1. The van der Waals surface area contributed by atoms with E-state index in [0.717, 1.165) is 24.6 Å². The van der Waals surface area contributed by atoms with Crippen LogP contribution in [0.4, 0.5) is 10.1 Å². The van der Waals surface area contributed by atoms with E-state index in [4.69, 9.17) is 5.73 Å². The maximum Gasteiger partial charge on any atom is 0.324 e. The van der Waals surface area contributed by atoms with E-state index in [-0.39, 0.29) is 12.6 Å². The van der Waals surface area contributed by atoms with Crippen LogP contribution < -0.4 is 5.73 Å². The first kappa shape index (κ1) is 16.8. The van der Waals surface area contributed by atoms with Gasteiger partial charge in [0, 0.05) is 12.6 Å². The van der Waals surface area contributed by atoms with Crippen LogP contribution in [0.3, 0.4) is 0 Å². The van der Waals surface area contributed by atoms with Gasteiger partial charge in [-0.15, -0.1) is 0 Å². The van der Waals surface area contributed by atoms with Gasteiger partial charge in [0.2, 0.25) is 15.8 Å². The van der Waals surface area contributed by atoms with E-state index in [1.165, 1.54) is 4.31 Å². The molecule has 1 unspecified atom stereocenters. The van der Waals surface area contributed by atoms with Crippen molar-refractivity contribution < 1.29 is 17.7 Å². The van der Waals surface area contributed by atoms with Gasteiger partial charge in [-0.05, 0) is 37.9 Å². The number of hydrogen-bond donors (Lipinski definition) is 1. The Kier molecular flexibility index (Phi) is 5.09. The molecule has 1 aliphatic heterocycles. The summed E-state index contributed by atoms with van der Waals surface area (Å²) in [5.41, 5.74) is 4.52. The van der Waals surface area contributed by atoms with Crippen LogP contribution >= 0.6 is 0 Å². The van der Waals surface area contributed by atoms with Crippen molar-refractivity contribution in [3.63, 3.8) is 0 Å². The molecule has 1 saturated heterocycles. The van der Waals surface area contributed by atoms with Gasteiger partial charge in [-0.3, -0.25) is 10.1 Å². The van der Waals surface area contributed by atoms with Gasteiger partial charge in [0.15, 0.2) is 4.90 Å². The minimum atomic E-state index is -4.14. The number of hydrogen-bond acceptors (Lipinski definition) is 5. The molecule has 1 aromatic rings. The molecule has 122 valence electrons. The minimum absolute atomic E-state index is 0.265. The maximum atomic E-state index is 13.7. The van der Waals surface area contributed by atoms with Crippen molar-refractivity contribution in [1.29, 1.82) is 0 Å². The second-order valence-electron chi connectivity index (χ2n) is 5.19. The van der Waals surface area contributed by atoms with Gasteiger partial charge in [0.1, 0.15) is 0 Å². The summed E-state index contributed by atoms with van der Waals surface area (Å²) in [5.74, 6) is -1.15. The molecule has 0 amide bonds. The summed E-state index contributed by atoms with van der Waals surface area (Å²) < 4.78 is 40.5. The van der Waals surface area contributed by atoms with Crippen LogP contribution in [0.15, 0.2) is 23.1 Å². The van der Waals surface area contributed by atoms with Gasteiger partial charge in [-0.2, -0.15) is 8.70 Å². The molecule has 0 bridgehead atoms. The second-order valence-corrected chi connectivity index (χ2v) is 7.05. The predicted molar refractivity (Wildman–Crippen MR) is 78.3 cm³/mol. The maximum absolute atomic E-state index is 13.7. The Hall–Kier alpha value is -1.58. The molecule has 1 aromatic carbocycles. The lowest BCUT2D eigenvalue weighted by molar-refractivity contribution is -0.390. The molecule has 1 fully saturated rings. The first-order valence-electron chi connectivity index (χ1n) is 7.04. The van der Waals surface area contributed by atoms with Crippen molar-refractivity contribution in [3.05, 3.63) is 34.1 Å². The van der Waals surface area contributed by atoms with E-state index in [0.29, 0.717) is 25.8 Å². The van der Waals surface area contributed by atoms with Gasteiger partial charge >= 0.3 is 5.69 Å². The molecule has 0 spiro atoms. The summed E-state index contributed by atoms with van der Waals surface area (Å²) in [5, 5.41) is 11.0. The highest BCUT2D eigenvalue weighted by molar-refractivity contribution is 7.89. The molecule has 1 atom stereocenters. The normalized spacial score (nSPS) is 20.0. The van der Waals surface area contributed by atoms with Crippen molar-refractivity contribution in [2.75, 3.05) is 13.1 Å². The molecule has 2 N–H and O–H groups in total. The fourth-order valence-corrected chi connectivity index (χ4v) is 4.67. The molecular weight excluding hydrogens is 313 g/mol. The largest absolute Gasteiger partial charge is 0.330 e. The lowest BCUT2D eigenvalue weighted by atomic mass is 10.0. The molecule has 1 aliphatic rings. The number of sulfonamides is 1. The topological polar surface area (TPSA) is 107 Å². The smallest absolute Gasteiger partial charge is 0.324 e. The number of nitrogens with zero attached hydrogens (tertiary/aromatic N) is 2.